The summed E-state index contributed by atoms with van der Waals surface area (Å²) >= 11 is 1.32. The topological polar surface area (TPSA) is 65.2 Å². The quantitative estimate of drug-likeness (QED) is 0.587. The molecule has 1 aromatic rings. The maximum Gasteiger partial charge on any atom is 0.330 e. The summed E-state index contributed by atoms with van der Waals surface area (Å²) in [7, 11) is 0. The number of aromatic nitrogens is 1. The smallest absolute Gasteiger partial charge is 0.330 e. The average molecular weight is 198 g/mol. The van der Waals surface area contributed by atoms with Crippen LogP contribution in [0.2, 0.25) is 0 Å². The molecule has 0 bridgehead atoms. The highest BCUT2D eigenvalue weighted by Gasteiger charge is 1.96. The number of anilines is 1. The van der Waals surface area contributed by atoms with Crippen LogP contribution < -0.4 is 5.73 Å². The van der Waals surface area contributed by atoms with Gasteiger partial charge in [0.25, 0.3) is 0 Å². The molecule has 0 saturated carbocycles. The summed E-state index contributed by atoms with van der Waals surface area (Å²) in [6.45, 7) is 2.14. The second-order valence-electron chi connectivity index (χ2n) is 2.19. The van der Waals surface area contributed by atoms with E-state index in [1.54, 1.807) is 19.2 Å². The molecule has 5 heteroatoms. The van der Waals surface area contributed by atoms with Crippen LogP contribution in [0.3, 0.4) is 0 Å². The van der Waals surface area contributed by atoms with Crippen LogP contribution in [-0.4, -0.2) is 17.6 Å². The monoisotopic (exact) mass is 198 g/mol. The Hall–Kier alpha value is -1.36. The lowest BCUT2D eigenvalue weighted by molar-refractivity contribution is -0.137. The molecule has 1 heterocycles. The summed E-state index contributed by atoms with van der Waals surface area (Å²) in [5.74, 6) is -0.352. The molecule has 0 atom stereocenters. The van der Waals surface area contributed by atoms with Crippen LogP contribution in [0.1, 0.15) is 11.8 Å². The molecule has 0 aliphatic carbocycles. The number of nitrogens with two attached hydrogens (primary N) is 1. The molecule has 1 rings (SSSR count). The number of nitrogen functional groups attached to an aromatic ring is 1. The average Bonchev–Trinajstić information content (AvgIpc) is 2.49. The highest BCUT2D eigenvalue weighted by Crippen LogP contribution is 2.15. The lowest BCUT2D eigenvalue weighted by Gasteiger charge is -1.92. The minimum absolute atomic E-state index is 0.352. The van der Waals surface area contributed by atoms with Crippen molar-refractivity contribution < 1.29 is 9.53 Å². The molecule has 0 fully saturated rings. The Morgan fingerprint density at radius 2 is 2.62 bits per heavy atom. The molecular weight excluding hydrogens is 188 g/mol. The van der Waals surface area contributed by atoms with Gasteiger partial charge in [0.2, 0.25) is 0 Å². The number of carbonyl (C=O) groups excluding carboxylic acids is 1. The Morgan fingerprint density at radius 1 is 1.85 bits per heavy atom. The zero-order chi connectivity index (χ0) is 9.68. The number of nitrogens with zero attached hydrogens (tertiary/aromatic N) is 1. The van der Waals surface area contributed by atoms with Gasteiger partial charge in [-0.1, -0.05) is 11.3 Å². The zero-order valence-corrected chi connectivity index (χ0v) is 8.00. The molecule has 0 amide bonds. The van der Waals surface area contributed by atoms with Gasteiger partial charge in [-0.05, 0) is 13.0 Å². The van der Waals surface area contributed by atoms with E-state index in [1.807, 2.05) is 0 Å². The van der Waals surface area contributed by atoms with Gasteiger partial charge < -0.3 is 10.5 Å². The number of ether oxygens (including phenoxy) is 1. The first-order valence-electron chi connectivity index (χ1n) is 3.78. The second kappa shape index (κ2) is 4.61. The van der Waals surface area contributed by atoms with Gasteiger partial charge in [-0.2, -0.15) is 0 Å². The summed E-state index contributed by atoms with van der Waals surface area (Å²) in [5.41, 5.74) is 5.40. The first-order chi connectivity index (χ1) is 6.22. The highest BCUT2D eigenvalue weighted by molar-refractivity contribution is 7.16. The SMILES string of the molecule is CCOC(=O)/C=C/c1cnc(N)s1. The van der Waals surface area contributed by atoms with Gasteiger partial charge in [0.1, 0.15) is 0 Å². The van der Waals surface area contributed by atoms with Crippen molar-refractivity contribution in [2.24, 2.45) is 0 Å². The third-order valence-corrected chi connectivity index (χ3v) is 2.00. The van der Waals surface area contributed by atoms with Gasteiger partial charge in [-0.3, -0.25) is 0 Å². The van der Waals surface area contributed by atoms with Crippen molar-refractivity contribution in [1.82, 2.24) is 4.98 Å². The zero-order valence-electron chi connectivity index (χ0n) is 7.19. The molecule has 0 aromatic carbocycles. The Kier molecular flexibility index (Phi) is 3.45. The standard InChI is InChI=1S/C8H10N2O2S/c1-2-12-7(11)4-3-6-5-10-8(9)13-6/h3-5H,2H2,1H3,(H2,9,10)/b4-3+. The van der Waals surface area contributed by atoms with E-state index in [2.05, 4.69) is 4.98 Å². The van der Waals surface area contributed by atoms with Gasteiger partial charge >= 0.3 is 5.97 Å². The molecule has 2 N–H and O–H groups in total. The van der Waals surface area contributed by atoms with Crippen molar-refractivity contribution >= 4 is 28.5 Å². The van der Waals surface area contributed by atoms with E-state index in [-0.39, 0.29) is 5.97 Å². The van der Waals surface area contributed by atoms with Crippen LogP contribution in [0, 0.1) is 0 Å². The molecule has 0 unspecified atom stereocenters. The van der Waals surface area contributed by atoms with Crippen LogP contribution in [0.5, 0.6) is 0 Å². The maximum atomic E-state index is 10.9. The van der Waals surface area contributed by atoms with E-state index in [0.29, 0.717) is 11.7 Å². The summed E-state index contributed by atoms with van der Waals surface area (Å²) < 4.78 is 4.70. The Bertz CT molecular complexity index is 320. The fourth-order valence-electron chi connectivity index (χ4n) is 0.718. The number of carbonyl (C=O) groups is 1. The minimum Gasteiger partial charge on any atom is -0.463 e. The lowest BCUT2D eigenvalue weighted by atomic mass is 10.4. The molecular formula is C8H10N2O2S. The summed E-state index contributed by atoms with van der Waals surface area (Å²) in [5, 5.41) is 0.489. The maximum absolute atomic E-state index is 10.9. The summed E-state index contributed by atoms with van der Waals surface area (Å²) in [6, 6.07) is 0. The second-order valence-corrected chi connectivity index (χ2v) is 3.28. The number of esters is 1. The van der Waals surface area contributed by atoms with Crippen molar-refractivity contribution in [3.8, 4) is 0 Å². The van der Waals surface area contributed by atoms with Crippen LogP contribution in [0.4, 0.5) is 5.13 Å². The summed E-state index contributed by atoms with van der Waals surface area (Å²) in [4.78, 5) is 15.5. The van der Waals surface area contributed by atoms with E-state index in [1.165, 1.54) is 17.4 Å². The van der Waals surface area contributed by atoms with E-state index >= 15 is 0 Å². The molecule has 0 saturated heterocycles. The van der Waals surface area contributed by atoms with Crippen molar-refractivity contribution in [1.29, 1.82) is 0 Å². The molecule has 13 heavy (non-hydrogen) atoms. The number of hydrogen-bond acceptors (Lipinski definition) is 5. The highest BCUT2D eigenvalue weighted by atomic mass is 32.1. The van der Waals surface area contributed by atoms with Crippen LogP contribution >= 0.6 is 11.3 Å². The molecule has 0 radical (unpaired) electrons. The first-order valence-corrected chi connectivity index (χ1v) is 4.60. The largest absolute Gasteiger partial charge is 0.463 e. The Labute approximate surface area is 80.0 Å². The third kappa shape index (κ3) is 3.25. The number of hydrogen-bond donors (Lipinski definition) is 1. The third-order valence-electron chi connectivity index (χ3n) is 1.21. The lowest BCUT2D eigenvalue weighted by Crippen LogP contribution is -1.98. The molecule has 4 nitrogen and oxygen atoms in total. The van der Waals surface area contributed by atoms with Crippen molar-refractivity contribution in [3.63, 3.8) is 0 Å². The van der Waals surface area contributed by atoms with Crippen molar-refractivity contribution in [2.75, 3.05) is 12.3 Å². The van der Waals surface area contributed by atoms with Gasteiger partial charge in [0.05, 0.1) is 6.61 Å². The first kappa shape index (κ1) is 9.73. The van der Waals surface area contributed by atoms with E-state index < -0.39 is 0 Å². The number of rotatable bonds is 3. The number of thiazole rings is 1. The van der Waals surface area contributed by atoms with E-state index in [9.17, 15) is 4.79 Å². The van der Waals surface area contributed by atoms with E-state index in [0.717, 1.165) is 4.88 Å². The molecule has 1 aromatic heterocycles. The van der Waals surface area contributed by atoms with E-state index in [4.69, 9.17) is 10.5 Å². The van der Waals surface area contributed by atoms with Crippen molar-refractivity contribution in [2.45, 2.75) is 6.92 Å². The molecule has 0 aliphatic rings. The molecule has 0 spiro atoms. The fraction of sp³-hybridized carbons (Fsp3) is 0.250. The Morgan fingerprint density at radius 3 is 3.15 bits per heavy atom. The van der Waals surface area contributed by atoms with Gasteiger partial charge in [0, 0.05) is 17.2 Å². The van der Waals surface area contributed by atoms with Crippen LogP contribution in [0.25, 0.3) is 6.08 Å². The normalized spacial score (nSPS) is 10.5. The van der Waals surface area contributed by atoms with Gasteiger partial charge in [-0.25, -0.2) is 9.78 Å². The van der Waals surface area contributed by atoms with Gasteiger partial charge in [-0.15, -0.1) is 0 Å². The molecule has 0 aliphatic heterocycles. The summed E-state index contributed by atoms with van der Waals surface area (Å²) in [6.07, 6.45) is 4.60. The van der Waals surface area contributed by atoms with Crippen molar-refractivity contribution in [3.05, 3.63) is 17.2 Å². The Balaban J connectivity index is 2.53. The van der Waals surface area contributed by atoms with Gasteiger partial charge in [0.15, 0.2) is 5.13 Å². The fourth-order valence-corrected chi connectivity index (χ4v) is 1.31. The predicted octanol–water partition coefficient (Wildman–Crippen LogP) is 1.30. The van der Waals surface area contributed by atoms with Crippen LogP contribution in [0.15, 0.2) is 12.3 Å². The molecule has 70 valence electrons. The van der Waals surface area contributed by atoms with Crippen LogP contribution in [-0.2, 0) is 9.53 Å². The minimum atomic E-state index is -0.352. The predicted molar refractivity (Wildman–Crippen MR) is 52.2 cm³/mol.